The van der Waals surface area contributed by atoms with Crippen molar-refractivity contribution >= 4 is 22.2 Å². The zero-order valence-electron chi connectivity index (χ0n) is 15.3. The summed E-state index contributed by atoms with van der Waals surface area (Å²) in [7, 11) is 0. The first kappa shape index (κ1) is 20.0. The first-order valence-electron chi connectivity index (χ1n) is 8.86. The number of nitrogens with zero attached hydrogens (tertiary/aromatic N) is 3. The van der Waals surface area contributed by atoms with E-state index < -0.39 is 17.6 Å². The van der Waals surface area contributed by atoms with Gasteiger partial charge in [0.15, 0.2) is 5.82 Å². The van der Waals surface area contributed by atoms with Crippen LogP contribution in [0.2, 0.25) is 0 Å². The molecular weight excluding hydrogens is 420 g/mol. The zero-order chi connectivity index (χ0) is 21.3. The quantitative estimate of drug-likeness (QED) is 0.468. The smallest absolute Gasteiger partial charge is 0.352 e. The predicted molar refractivity (Wildman–Crippen MR) is 104 cm³/mol. The Balaban J connectivity index is 1.43. The Morgan fingerprint density at radius 1 is 1.13 bits per heavy atom. The van der Waals surface area contributed by atoms with E-state index >= 15 is 0 Å². The van der Waals surface area contributed by atoms with Crippen LogP contribution in [0, 0.1) is 5.82 Å². The predicted octanol–water partition coefficient (Wildman–Crippen LogP) is 4.59. The molecule has 2 aromatic carbocycles. The van der Waals surface area contributed by atoms with Gasteiger partial charge in [-0.2, -0.15) is 18.2 Å². The van der Waals surface area contributed by atoms with Gasteiger partial charge in [0.2, 0.25) is 4.96 Å². The molecule has 0 aliphatic carbocycles. The number of amides is 1. The van der Waals surface area contributed by atoms with Crippen LogP contribution in [0.15, 0.2) is 53.9 Å². The summed E-state index contributed by atoms with van der Waals surface area (Å²) < 4.78 is 53.1. The molecule has 0 saturated heterocycles. The third-order valence-electron chi connectivity index (χ3n) is 4.37. The van der Waals surface area contributed by atoms with Gasteiger partial charge >= 0.3 is 6.18 Å². The second kappa shape index (κ2) is 7.86. The van der Waals surface area contributed by atoms with Crippen molar-refractivity contribution in [3.8, 4) is 11.4 Å². The highest BCUT2D eigenvalue weighted by Gasteiger charge is 2.30. The number of halogens is 4. The number of hydrogen-bond donors (Lipinski definition) is 1. The molecule has 0 spiro atoms. The third-order valence-corrected chi connectivity index (χ3v) is 5.24. The fourth-order valence-electron chi connectivity index (χ4n) is 2.86. The van der Waals surface area contributed by atoms with Crippen LogP contribution in [-0.4, -0.2) is 27.0 Å². The Kier molecular flexibility index (Phi) is 5.25. The van der Waals surface area contributed by atoms with Crippen LogP contribution in [0.1, 0.15) is 21.6 Å². The van der Waals surface area contributed by atoms with Crippen molar-refractivity contribution in [1.82, 2.24) is 19.9 Å². The number of rotatable bonds is 5. The molecule has 0 aliphatic rings. The minimum atomic E-state index is -4.51. The molecule has 0 aliphatic heterocycles. The molecule has 2 heterocycles. The van der Waals surface area contributed by atoms with Crippen molar-refractivity contribution < 1.29 is 22.4 Å². The van der Waals surface area contributed by atoms with E-state index in [1.54, 1.807) is 16.6 Å². The second-order valence-corrected chi connectivity index (χ2v) is 7.28. The van der Waals surface area contributed by atoms with Crippen LogP contribution in [-0.2, 0) is 12.6 Å². The summed E-state index contributed by atoms with van der Waals surface area (Å²) in [5, 5.41) is 8.89. The lowest BCUT2D eigenvalue weighted by Crippen LogP contribution is -2.26. The van der Waals surface area contributed by atoms with Gasteiger partial charge in [-0.1, -0.05) is 6.07 Å². The van der Waals surface area contributed by atoms with Gasteiger partial charge in [-0.15, -0.1) is 16.4 Å². The Bertz CT molecular complexity index is 1200. The largest absolute Gasteiger partial charge is 0.416 e. The number of carbonyl (C=O) groups excluding carboxylic acids is 1. The average molecular weight is 434 g/mol. The van der Waals surface area contributed by atoms with Crippen molar-refractivity contribution in [2.45, 2.75) is 12.6 Å². The van der Waals surface area contributed by atoms with Crippen LogP contribution in [0.4, 0.5) is 17.6 Å². The number of fused-ring (bicyclic) bond motifs is 1. The lowest BCUT2D eigenvalue weighted by atomic mass is 10.1. The van der Waals surface area contributed by atoms with Crippen molar-refractivity contribution in [3.63, 3.8) is 0 Å². The maximum Gasteiger partial charge on any atom is 0.416 e. The first-order valence-corrected chi connectivity index (χ1v) is 9.74. The van der Waals surface area contributed by atoms with Crippen LogP contribution >= 0.6 is 11.3 Å². The van der Waals surface area contributed by atoms with Crippen LogP contribution in [0.3, 0.4) is 0 Å². The van der Waals surface area contributed by atoms with Gasteiger partial charge in [0, 0.05) is 29.5 Å². The Labute approximate surface area is 172 Å². The normalized spacial score (nSPS) is 11.7. The standard InChI is InChI=1S/C20H14F4N4OS/c21-15-6-4-12(5-7-15)17-26-19-28(27-17)16(11-30-19)8-9-25-18(29)13-2-1-3-14(10-13)20(22,23)24/h1-7,10-11H,8-9H2,(H,25,29). The molecule has 2 aromatic heterocycles. The number of thiazole rings is 1. The lowest BCUT2D eigenvalue weighted by molar-refractivity contribution is -0.137. The number of benzene rings is 2. The third kappa shape index (κ3) is 4.18. The molecule has 154 valence electrons. The molecule has 4 rings (SSSR count). The monoisotopic (exact) mass is 434 g/mol. The highest BCUT2D eigenvalue weighted by molar-refractivity contribution is 7.15. The number of hydrogen-bond acceptors (Lipinski definition) is 4. The van der Waals surface area contributed by atoms with Gasteiger partial charge in [0.05, 0.1) is 11.3 Å². The Morgan fingerprint density at radius 3 is 2.63 bits per heavy atom. The van der Waals surface area contributed by atoms with Gasteiger partial charge in [-0.25, -0.2) is 8.91 Å². The summed E-state index contributed by atoms with van der Waals surface area (Å²) in [4.78, 5) is 17.2. The number of carbonyl (C=O) groups is 1. The molecule has 0 radical (unpaired) electrons. The van der Waals surface area contributed by atoms with Crippen molar-refractivity contribution in [1.29, 1.82) is 0 Å². The van der Waals surface area contributed by atoms with Crippen LogP contribution in [0.5, 0.6) is 0 Å². The first-order chi connectivity index (χ1) is 14.3. The molecule has 30 heavy (non-hydrogen) atoms. The molecule has 0 bridgehead atoms. The Morgan fingerprint density at radius 2 is 1.90 bits per heavy atom. The molecule has 1 amide bonds. The highest BCUT2D eigenvalue weighted by atomic mass is 32.1. The lowest BCUT2D eigenvalue weighted by Gasteiger charge is -2.09. The van der Waals surface area contributed by atoms with Gasteiger partial charge in [0.25, 0.3) is 5.91 Å². The summed E-state index contributed by atoms with van der Waals surface area (Å²) in [5.41, 5.74) is 0.543. The molecular formula is C20H14F4N4OS. The van der Waals surface area contributed by atoms with Gasteiger partial charge in [-0.3, -0.25) is 4.79 Å². The van der Waals surface area contributed by atoms with Gasteiger partial charge in [-0.05, 0) is 42.5 Å². The average Bonchev–Trinajstić information content (AvgIpc) is 3.29. The molecule has 10 heteroatoms. The SMILES string of the molecule is O=C(NCCc1csc2nc(-c3ccc(F)cc3)nn12)c1cccc(C(F)(F)F)c1. The van der Waals surface area contributed by atoms with Gasteiger partial charge < -0.3 is 5.32 Å². The van der Waals surface area contributed by atoms with Crippen molar-refractivity contribution in [2.24, 2.45) is 0 Å². The molecule has 0 atom stereocenters. The van der Waals surface area contributed by atoms with E-state index in [1.807, 2.05) is 5.38 Å². The van der Waals surface area contributed by atoms with E-state index in [1.165, 1.54) is 35.6 Å². The van der Waals surface area contributed by atoms with Crippen LogP contribution in [0.25, 0.3) is 16.3 Å². The molecule has 1 N–H and O–H groups in total. The highest BCUT2D eigenvalue weighted by Crippen LogP contribution is 2.29. The second-order valence-electron chi connectivity index (χ2n) is 6.45. The van der Waals surface area contributed by atoms with E-state index in [0.29, 0.717) is 22.8 Å². The number of nitrogens with one attached hydrogen (secondary N) is 1. The van der Waals surface area contributed by atoms with Crippen molar-refractivity contribution in [2.75, 3.05) is 6.54 Å². The summed E-state index contributed by atoms with van der Waals surface area (Å²) in [6, 6.07) is 10.1. The molecule has 0 unspecified atom stereocenters. The Hall–Kier alpha value is -3.27. The van der Waals surface area contributed by atoms with Crippen molar-refractivity contribution in [3.05, 3.63) is 76.5 Å². The summed E-state index contributed by atoms with van der Waals surface area (Å²) in [6.45, 7) is 0.215. The zero-order valence-corrected chi connectivity index (χ0v) is 16.1. The minimum absolute atomic E-state index is 0.0559. The topological polar surface area (TPSA) is 59.3 Å². The molecule has 5 nitrogen and oxygen atoms in total. The van der Waals surface area contributed by atoms with E-state index in [-0.39, 0.29) is 17.9 Å². The minimum Gasteiger partial charge on any atom is -0.352 e. The van der Waals surface area contributed by atoms with E-state index in [0.717, 1.165) is 17.8 Å². The van der Waals surface area contributed by atoms with E-state index in [9.17, 15) is 22.4 Å². The van der Waals surface area contributed by atoms with Gasteiger partial charge in [0.1, 0.15) is 5.82 Å². The summed E-state index contributed by atoms with van der Waals surface area (Å²) in [6.07, 6.45) is -4.09. The number of alkyl halides is 3. The fraction of sp³-hybridized carbons (Fsp3) is 0.150. The summed E-state index contributed by atoms with van der Waals surface area (Å²) in [5.74, 6) is -0.480. The number of aromatic nitrogens is 3. The fourth-order valence-corrected chi connectivity index (χ4v) is 3.72. The maximum atomic E-state index is 13.1. The summed E-state index contributed by atoms with van der Waals surface area (Å²) >= 11 is 1.37. The molecule has 0 fully saturated rings. The van der Waals surface area contributed by atoms with E-state index in [2.05, 4.69) is 15.4 Å². The molecule has 0 saturated carbocycles. The maximum absolute atomic E-state index is 13.1. The van der Waals surface area contributed by atoms with E-state index in [4.69, 9.17) is 0 Å². The molecule has 4 aromatic rings. The van der Waals surface area contributed by atoms with Crippen LogP contribution < -0.4 is 5.32 Å².